The number of anilines is 2. The van der Waals surface area contributed by atoms with Crippen LogP contribution in [0.5, 0.6) is 0 Å². The SMILES string of the molecule is CC(=O)Nc1ccc(C(=O)N2C3CCC2CN(c2ncnc4[nH]ccc24)C3)cc1. The third-order valence-electron chi connectivity index (χ3n) is 5.80. The summed E-state index contributed by atoms with van der Waals surface area (Å²) < 4.78 is 0. The highest BCUT2D eigenvalue weighted by atomic mass is 16.2. The molecule has 3 aromatic rings. The summed E-state index contributed by atoms with van der Waals surface area (Å²) in [6.07, 6.45) is 5.46. The van der Waals surface area contributed by atoms with E-state index in [1.165, 1.54) is 6.92 Å². The first-order valence-corrected chi connectivity index (χ1v) is 9.83. The van der Waals surface area contributed by atoms with Gasteiger partial charge in [0, 0.05) is 37.5 Å². The molecular formula is C21H22N6O2. The van der Waals surface area contributed by atoms with Gasteiger partial charge in [-0.1, -0.05) is 0 Å². The molecule has 2 amide bonds. The Kier molecular flexibility index (Phi) is 4.19. The van der Waals surface area contributed by atoms with Crippen LogP contribution in [0, 0.1) is 0 Å². The van der Waals surface area contributed by atoms with E-state index in [1.54, 1.807) is 30.6 Å². The van der Waals surface area contributed by atoms with Gasteiger partial charge in [0.25, 0.3) is 5.91 Å². The molecule has 0 aliphatic carbocycles. The highest BCUT2D eigenvalue weighted by Gasteiger charge is 2.43. The Morgan fingerprint density at radius 3 is 2.48 bits per heavy atom. The number of H-pyrrole nitrogens is 1. The van der Waals surface area contributed by atoms with Crippen LogP contribution >= 0.6 is 0 Å². The van der Waals surface area contributed by atoms with E-state index in [0.717, 1.165) is 42.8 Å². The van der Waals surface area contributed by atoms with Crippen LogP contribution in [0.2, 0.25) is 0 Å². The lowest BCUT2D eigenvalue weighted by atomic mass is 10.1. The molecule has 8 heteroatoms. The van der Waals surface area contributed by atoms with Crippen molar-refractivity contribution in [3.8, 4) is 0 Å². The lowest BCUT2D eigenvalue weighted by Crippen LogP contribution is -2.56. The van der Waals surface area contributed by atoms with E-state index in [0.29, 0.717) is 11.3 Å². The lowest BCUT2D eigenvalue weighted by molar-refractivity contribution is -0.114. The number of rotatable bonds is 3. The maximum absolute atomic E-state index is 13.2. The van der Waals surface area contributed by atoms with Gasteiger partial charge in [0.05, 0.1) is 17.5 Å². The maximum Gasteiger partial charge on any atom is 0.254 e. The molecule has 0 spiro atoms. The molecule has 0 radical (unpaired) electrons. The fourth-order valence-corrected chi connectivity index (χ4v) is 4.57. The Balaban J connectivity index is 1.36. The molecule has 2 atom stereocenters. The van der Waals surface area contributed by atoms with Crippen molar-refractivity contribution in [2.45, 2.75) is 31.8 Å². The average molecular weight is 390 g/mol. The molecule has 2 fully saturated rings. The Labute approximate surface area is 167 Å². The van der Waals surface area contributed by atoms with Gasteiger partial charge in [0.15, 0.2) is 0 Å². The summed E-state index contributed by atoms with van der Waals surface area (Å²) in [6, 6.07) is 9.45. The van der Waals surface area contributed by atoms with Gasteiger partial charge in [-0.25, -0.2) is 9.97 Å². The molecule has 2 aliphatic heterocycles. The van der Waals surface area contributed by atoms with Crippen molar-refractivity contribution in [2.24, 2.45) is 0 Å². The quantitative estimate of drug-likeness (QED) is 0.716. The highest BCUT2D eigenvalue weighted by Crippen LogP contribution is 2.35. The largest absolute Gasteiger partial charge is 0.352 e. The first-order valence-electron chi connectivity index (χ1n) is 9.83. The second-order valence-electron chi connectivity index (χ2n) is 7.70. The number of carbonyl (C=O) groups is 2. The zero-order chi connectivity index (χ0) is 20.0. The number of benzene rings is 1. The minimum atomic E-state index is -0.125. The molecule has 0 saturated carbocycles. The van der Waals surface area contributed by atoms with E-state index in [4.69, 9.17) is 0 Å². The predicted molar refractivity (Wildman–Crippen MR) is 110 cm³/mol. The first-order chi connectivity index (χ1) is 14.1. The number of aromatic nitrogens is 3. The zero-order valence-corrected chi connectivity index (χ0v) is 16.1. The van der Waals surface area contributed by atoms with Gasteiger partial charge in [0.2, 0.25) is 5.91 Å². The van der Waals surface area contributed by atoms with E-state index in [-0.39, 0.29) is 23.9 Å². The van der Waals surface area contributed by atoms with Crippen molar-refractivity contribution in [2.75, 3.05) is 23.3 Å². The summed E-state index contributed by atoms with van der Waals surface area (Å²) >= 11 is 0. The van der Waals surface area contributed by atoms with Crippen molar-refractivity contribution in [1.29, 1.82) is 0 Å². The summed E-state index contributed by atoms with van der Waals surface area (Å²) in [7, 11) is 0. The second-order valence-corrected chi connectivity index (χ2v) is 7.70. The van der Waals surface area contributed by atoms with Crippen molar-refractivity contribution >= 4 is 34.4 Å². The molecular weight excluding hydrogens is 368 g/mol. The Morgan fingerprint density at radius 2 is 1.79 bits per heavy atom. The lowest BCUT2D eigenvalue weighted by Gasteiger charge is -2.41. The molecule has 2 saturated heterocycles. The number of nitrogens with zero attached hydrogens (tertiary/aromatic N) is 4. The average Bonchev–Trinajstić information content (AvgIpc) is 3.29. The Hall–Kier alpha value is -3.42. The van der Waals surface area contributed by atoms with Gasteiger partial charge < -0.3 is 20.1 Å². The molecule has 5 rings (SSSR count). The minimum absolute atomic E-state index is 0.0565. The number of piperazine rings is 1. The van der Waals surface area contributed by atoms with Gasteiger partial charge in [-0.2, -0.15) is 0 Å². The Morgan fingerprint density at radius 1 is 1.07 bits per heavy atom. The van der Waals surface area contributed by atoms with Crippen molar-refractivity contribution in [3.05, 3.63) is 48.4 Å². The Bertz CT molecular complexity index is 1060. The van der Waals surface area contributed by atoms with Gasteiger partial charge in [-0.3, -0.25) is 9.59 Å². The van der Waals surface area contributed by atoms with Crippen LogP contribution in [0.1, 0.15) is 30.1 Å². The summed E-state index contributed by atoms with van der Waals surface area (Å²) in [5.41, 5.74) is 2.18. The minimum Gasteiger partial charge on any atom is -0.352 e. The molecule has 2 aliphatic rings. The zero-order valence-electron chi connectivity index (χ0n) is 16.1. The first kappa shape index (κ1) is 17.7. The number of hydrogen-bond donors (Lipinski definition) is 2. The number of nitrogens with one attached hydrogen (secondary N) is 2. The standard InChI is InChI=1S/C21H22N6O2/c1-13(28)25-15-4-2-14(3-5-15)21(29)27-16-6-7-17(27)11-26(10-16)20-18-8-9-22-19(18)23-12-24-20/h2-5,8-9,12,16-17H,6-7,10-11H2,1H3,(H,25,28)(H,22,23,24). The third-order valence-corrected chi connectivity index (χ3v) is 5.80. The van der Waals surface area contributed by atoms with E-state index < -0.39 is 0 Å². The van der Waals surface area contributed by atoms with Crippen LogP contribution in [-0.4, -0.2) is 56.8 Å². The van der Waals surface area contributed by atoms with Crippen LogP contribution in [0.3, 0.4) is 0 Å². The summed E-state index contributed by atoms with van der Waals surface area (Å²) in [5.74, 6) is 0.861. The number of fused-ring (bicyclic) bond motifs is 3. The van der Waals surface area contributed by atoms with Crippen LogP contribution in [0.4, 0.5) is 11.5 Å². The fourth-order valence-electron chi connectivity index (χ4n) is 4.57. The van der Waals surface area contributed by atoms with E-state index in [2.05, 4.69) is 25.2 Å². The van der Waals surface area contributed by atoms with Crippen molar-refractivity contribution in [1.82, 2.24) is 19.9 Å². The number of carbonyl (C=O) groups excluding carboxylic acids is 2. The smallest absolute Gasteiger partial charge is 0.254 e. The van der Waals surface area contributed by atoms with Crippen molar-refractivity contribution < 1.29 is 9.59 Å². The highest BCUT2D eigenvalue weighted by molar-refractivity contribution is 5.96. The number of aromatic amines is 1. The van der Waals surface area contributed by atoms with Gasteiger partial charge in [-0.15, -0.1) is 0 Å². The maximum atomic E-state index is 13.2. The van der Waals surface area contributed by atoms with Gasteiger partial charge >= 0.3 is 0 Å². The normalized spacial score (nSPS) is 20.9. The molecule has 8 nitrogen and oxygen atoms in total. The number of amides is 2. The second kappa shape index (κ2) is 6.88. The molecule has 2 N–H and O–H groups in total. The number of hydrogen-bond acceptors (Lipinski definition) is 5. The summed E-state index contributed by atoms with van der Waals surface area (Å²) in [4.78, 5) is 40.6. The molecule has 148 valence electrons. The molecule has 29 heavy (non-hydrogen) atoms. The van der Waals surface area contributed by atoms with Crippen LogP contribution < -0.4 is 10.2 Å². The van der Waals surface area contributed by atoms with Crippen LogP contribution in [-0.2, 0) is 4.79 Å². The van der Waals surface area contributed by atoms with E-state index >= 15 is 0 Å². The van der Waals surface area contributed by atoms with Crippen molar-refractivity contribution in [3.63, 3.8) is 0 Å². The molecule has 2 unspecified atom stereocenters. The monoisotopic (exact) mass is 390 g/mol. The predicted octanol–water partition coefficient (Wildman–Crippen LogP) is 2.41. The molecule has 4 heterocycles. The third kappa shape index (κ3) is 3.10. The van der Waals surface area contributed by atoms with Crippen LogP contribution in [0.25, 0.3) is 11.0 Å². The van der Waals surface area contributed by atoms with E-state index in [9.17, 15) is 9.59 Å². The van der Waals surface area contributed by atoms with E-state index in [1.807, 2.05) is 17.2 Å². The van der Waals surface area contributed by atoms with Gasteiger partial charge in [-0.05, 0) is 43.2 Å². The summed E-state index contributed by atoms with van der Waals surface area (Å²) in [6.45, 7) is 3.00. The summed E-state index contributed by atoms with van der Waals surface area (Å²) in [5, 5.41) is 3.75. The van der Waals surface area contributed by atoms with Gasteiger partial charge in [0.1, 0.15) is 17.8 Å². The molecule has 2 bridgehead atoms. The topological polar surface area (TPSA) is 94.2 Å². The molecule has 1 aromatic carbocycles. The fraction of sp³-hybridized carbons (Fsp3) is 0.333. The van der Waals surface area contributed by atoms with Crippen LogP contribution in [0.15, 0.2) is 42.9 Å². The molecule has 2 aromatic heterocycles.